The summed E-state index contributed by atoms with van der Waals surface area (Å²) in [7, 11) is 1.46. The van der Waals surface area contributed by atoms with Crippen LogP contribution in [-0.4, -0.2) is 45.7 Å². The van der Waals surface area contributed by atoms with Crippen LogP contribution in [-0.2, 0) is 11.3 Å². The Kier molecular flexibility index (Phi) is 5.91. The molecule has 1 aromatic heterocycles. The van der Waals surface area contributed by atoms with Gasteiger partial charge in [-0.25, -0.2) is 14.9 Å². The molecule has 0 fully saturated rings. The van der Waals surface area contributed by atoms with Gasteiger partial charge < -0.3 is 16.1 Å². The van der Waals surface area contributed by atoms with Crippen molar-refractivity contribution < 1.29 is 9.18 Å². The number of alkyl halides is 1. The second-order valence-electron chi connectivity index (χ2n) is 4.37. The lowest BCUT2D eigenvalue weighted by atomic mass is 10.2. The highest BCUT2D eigenvalue weighted by atomic mass is 19.1. The minimum atomic E-state index is -1.11. The number of nitrogens with two attached hydrogens (primary N) is 2. The number of amides is 1. The first-order valence-corrected chi connectivity index (χ1v) is 6.14. The summed E-state index contributed by atoms with van der Waals surface area (Å²) in [5.41, 5.74) is 6.18. The fourth-order valence-corrected chi connectivity index (χ4v) is 1.51. The third-order valence-electron chi connectivity index (χ3n) is 2.53. The van der Waals surface area contributed by atoms with Gasteiger partial charge in [-0.3, -0.25) is 4.79 Å². The van der Waals surface area contributed by atoms with E-state index in [1.54, 1.807) is 13.1 Å². The molecule has 1 rings (SSSR count). The molecule has 0 bridgehead atoms. The summed E-state index contributed by atoms with van der Waals surface area (Å²) < 4.78 is 15.2. The second-order valence-corrected chi connectivity index (χ2v) is 4.37. The van der Waals surface area contributed by atoms with Crippen molar-refractivity contribution in [3.05, 3.63) is 23.8 Å². The Bertz CT molecular complexity index is 473. The molecule has 1 heterocycles. The van der Waals surface area contributed by atoms with Crippen LogP contribution in [0.2, 0.25) is 0 Å². The molecule has 0 spiro atoms. The fourth-order valence-electron chi connectivity index (χ4n) is 1.51. The van der Waals surface area contributed by atoms with Gasteiger partial charge in [0.2, 0.25) is 0 Å². The van der Waals surface area contributed by atoms with Crippen LogP contribution in [0, 0.1) is 6.92 Å². The fraction of sp³-hybridized carbons (Fsp3) is 0.545. The molecule has 0 saturated heterocycles. The predicted molar refractivity (Wildman–Crippen MR) is 71.5 cm³/mol. The SMILES string of the molecule is CNC(=O)/C(N)=C/N(N)CCC(F)Cn1cc(C)nn1. The zero-order chi connectivity index (χ0) is 15.1. The number of halogens is 1. The predicted octanol–water partition coefficient (Wildman–Crippen LogP) is -0.963. The van der Waals surface area contributed by atoms with Gasteiger partial charge in [-0.15, -0.1) is 5.10 Å². The highest BCUT2D eigenvalue weighted by Gasteiger charge is 2.10. The maximum atomic E-state index is 13.7. The van der Waals surface area contributed by atoms with Crippen LogP contribution in [0.1, 0.15) is 12.1 Å². The first-order chi connectivity index (χ1) is 9.42. The van der Waals surface area contributed by atoms with E-state index in [0.29, 0.717) is 0 Å². The number of hydrazine groups is 1. The molecule has 0 aliphatic rings. The number of hydrogen-bond donors (Lipinski definition) is 3. The Balaban J connectivity index is 2.36. The summed E-state index contributed by atoms with van der Waals surface area (Å²) in [6, 6.07) is 0. The maximum Gasteiger partial charge on any atom is 0.268 e. The zero-order valence-corrected chi connectivity index (χ0v) is 11.6. The summed E-state index contributed by atoms with van der Waals surface area (Å²) >= 11 is 0. The highest BCUT2D eigenvalue weighted by molar-refractivity contribution is 5.91. The lowest BCUT2D eigenvalue weighted by Crippen LogP contribution is -2.33. The van der Waals surface area contributed by atoms with Gasteiger partial charge in [-0.05, 0) is 13.3 Å². The molecule has 0 radical (unpaired) electrons. The van der Waals surface area contributed by atoms with Crippen LogP contribution in [0.25, 0.3) is 0 Å². The molecule has 0 aliphatic carbocycles. The molecular weight excluding hydrogens is 265 g/mol. The number of aryl methyl sites for hydroxylation is 1. The molecular formula is C11H20FN7O. The summed E-state index contributed by atoms with van der Waals surface area (Å²) in [5.74, 6) is 5.17. The molecule has 1 amide bonds. The lowest BCUT2D eigenvalue weighted by Gasteiger charge is -2.16. The van der Waals surface area contributed by atoms with E-state index >= 15 is 0 Å². The van der Waals surface area contributed by atoms with Gasteiger partial charge in [0.15, 0.2) is 0 Å². The van der Waals surface area contributed by atoms with Crippen LogP contribution in [0.15, 0.2) is 18.1 Å². The molecule has 112 valence electrons. The quantitative estimate of drug-likeness (QED) is 0.337. The molecule has 0 saturated carbocycles. The second kappa shape index (κ2) is 7.43. The summed E-state index contributed by atoms with van der Waals surface area (Å²) in [6.07, 6.45) is 2.01. The van der Waals surface area contributed by atoms with Gasteiger partial charge in [0.25, 0.3) is 5.91 Å². The normalized spacial score (nSPS) is 13.1. The molecule has 1 unspecified atom stereocenters. The van der Waals surface area contributed by atoms with Crippen molar-refractivity contribution in [2.45, 2.75) is 26.1 Å². The third-order valence-corrected chi connectivity index (χ3v) is 2.53. The summed E-state index contributed by atoms with van der Waals surface area (Å²) in [6.45, 7) is 2.13. The topological polar surface area (TPSA) is 115 Å². The van der Waals surface area contributed by atoms with Crippen LogP contribution in [0.5, 0.6) is 0 Å². The number of nitrogens with one attached hydrogen (secondary N) is 1. The summed E-state index contributed by atoms with van der Waals surface area (Å²) in [5, 5.41) is 11.1. The molecule has 1 atom stereocenters. The van der Waals surface area contributed by atoms with Crippen molar-refractivity contribution in [1.29, 1.82) is 0 Å². The van der Waals surface area contributed by atoms with E-state index in [4.69, 9.17) is 11.6 Å². The Morgan fingerprint density at radius 2 is 2.40 bits per heavy atom. The Labute approximate surface area is 116 Å². The van der Waals surface area contributed by atoms with Gasteiger partial charge in [0.05, 0.1) is 12.2 Å². The number of hydrogen-bond acceptors (Lipinski definition) is 6. The first-order valence-electron chi connectivity index (χ1n) is 6.14. The van der Waals surface area contributed by atoms with Gasteiger partial charge in [0, 0.05) is 26.0 Å². The van der Waals surface area contributed by atoms with Gasteiger partial charge in [-0.1, -0.05) is 5.21 Å². The zero-order valence-electron chi connectivity index (χ0n) is 11.6. The number of nitrogens with zero attached hydrogens (tertiary/aromatic N) is 4. The van der Waals surface area contributed by atoms with E-state index in [-0.39, 0.29) is 25.2 Å². The van der Waals surface area contributed by atoms with Gasteiger partial charge >= 0.3 is 0 Å². The van der Waals surface area contributed by atoms with Crippen molar-refractivity contribution in [1.82, 2.24) is 25.3 Å². The Morgan fingerprint density at radius 1 is 1.70 bits per heavy atom. The van der Waals surface area contributed by atoms with E-state index in [1.807, 2.05) is 0 Å². The van der Waals surface area contributed by atoms with E-state index in [0.717, 1.165) is 5.69 Å². The Hall–Kier alpha value is -2.16. The van der Waals surface area contributed by atoms with Crippen LogP contribution in [0.3, 0.4) is 0 Å². The van der Waals surface area contributed by atoms with Crippen molar-refractivity contribution in [2.75, 3.05) is 13.6 Å². The van der Waals surface area contributed by atoms with Crippen molar-refractivity contribution in [3.63, 3.8) is 0 Å². The largest absolute Gasteiger partial charge is 0.393 e. The van der Waals surface area contributed by atoms with E-state index in [2.05, 4.69) is 15.6 Å². The number of carbonyl (C=O) groups is 1. The van der Waals surface area contributed by atoms with E-state index in [1.165, 1.54) is 22.9 Å². The lowest BCUT2D eigenvalue weighted by molar-refractivity contribution is -0.117. The number of carbonyl (C=O) groups excluding carboxylic acids is 1. The molecule has 1 aromatic rings. The van der Waals surface area contributed by atoms with Crippen LogP contribution in [0.4, 0.5) is 4.39 Å². The molecule has 0 aromatic carbocycles. The smallest absolute Gasteiger partial charge is 0.268 e. The first kappa shape index (κ1) is 15.9. The summed E-state index contributed by atoms with van der Waals surface area (Å²) in [4.78, 5) is 11.1. The monoisotopic (exact) mass is 285 g/mol. The highest BCUT2D eigenvalue weighted by Crippen LogP contribution is 2.03. The molecule has 20 heavy (non-hydrogen) atoms. The average molecular weight is 285 g/mol. The molecule has 8 nitrogen and oxygen atoms in total. The number of likely N-dealkylation sites (N-methyl/N-ethyl adjacent to an activating group) is 1. The number of rotatable bonds is 7. The van der Waals surface area contributed by atoms with E-state index in [9.17, 15) is 9.18 Å². The van der Waals surface area contributed by atoms with E-state index < -0.39 is 12.1 Å². The maximum absolute atomic E-state index is 13.7. The Morgan fingerprint density at radius 3 is 2.95 bits per heavy atom. The van der Waals surface area contributed by atoms with Crippen molar-refractivity contribution >= 4 is 5.91 Å². The van der Waals surface area contributed by atoms with Gasteiger partial charge in [-0.2, -0.15) is 0 Å². The van der Waals surface area contributed by atoms with Crippen molar-refractivity contribution in [3.8, 4) is 0 Å². The molecule has 0 aliphatic heterocycles. The average Bonchev–Trinajstić information content (AvgIpc) is 2.80. The van der Waals surface area contributed by atoms with Gasteiger partial charge in [0.1, 0.15) is 11.9 Å². The van der Waals surface area contributed by atoms with Crippen LogP contribution >= 0.6 is 0 Å². The standard InChI is InChI=1S/C11H20FN7O/c1-8-5-19(17-16-8)6-9(12)3-4-18(14)7-10(13)11(20)15-2/h5,7,9H,3-4,6,13-14H2,1-2H3,(H,15,20)/b10-7-. The van der Waals surface area contributed by atoms with Crippen LogP contribution < -0.4 is 16.9 Å². The minimum Gasteiger partial charge on any atom is -0.393 e. The minimum absolute atomic E-state index is 0.0303. The number of aromatic nitrogens is 3. The third kappa shape index (κ3) is 5.22. The molecule has 5 N–H and O–H groups in total. The van der Waals surface area contributed by atoms with Crippen molar-refractivity contribution in [2.24, 2.45) is 11.6 Å². The molecule has 9 heteroatoms.